The van der Waals surface area contributed by atoms with Gasteiger partial charge >= 0.3 is 0 Å². The van der Waals surface area contributed by atoms with Crippen molar-refractivity contribution in [2.45, 2.75) is 34.6 Å². The summed E-state index contributed by atoms with van der Waals surface area (Å²) in [6, 6.07) is 168. The molecule has 0 atom stereocenters. The highest BCUT2D eigenvalue weighted by molar-refractivity contribution is 7.00. The lowest BCUT2D eigenvalue weighted by Gasteiger charge is -2.34. The normalized spacial score (nSPS) is 12.6. The number of fused-ring (bicyclic) bond motifs is 16. The average Bonchev–Trinajstić information content (AvgIpc) is 0.725. The Labute approximate surface area is 869 Å². The topological polar surface area (TPSA) is 73.8 Å². The van der Waals surface area contributed by atoms with Gasteiger partial charge in [0.2, 0.25) is 0 Å². The molecule has 0 N–H and O–H groups in total. The van der Waals surface area contributed by atoms with Crippen molar-refractivity contribution in [2.24, 2.45) is 0 Å². The molecule has 149 heavy (non-hydrogen) atoms. The predicted octanol–water partition coefficient (Wildman–Crippen LogP) is 27.9. The Hall–Kier alpha value is -18.5. The molecule has 0 aliphatic carbocycles. The van der Waals surface area contributed by atoms with Gasteiger partial charge in [0, 0.05) is 44.1 Å². The number of aryl methyl sites for hydroxylation is 5. The summed E-state index contributed by atoms with van der Waals surface area (Å²) in [5.74, 6) is 14.2. The third-order valence-corrected chi connectivity index (χ3v) is 30.5. The van der Waals surface area contributed by atoms with E-state index in [1.165, 1.54) is 116 Å². The van der Waals surface area contributed by atoms with Crippen LogP contribution in [0.2, 0.25) is 0 Å². The van der Waals surface area contributed by atoms with Crippen molar-refractivity contribution in [3.63, 3.8) is 0 Å². The van der Waals surface area contributed by atoms with Crippen molar-refractivity contribution >= 4 is 92.4 Å². The molecule has 702 valence electrons. The van der Waals surface area contributed by atoms with Gasteiger partial charge in [-0.3, -0.25) is 0 Å². The molecule has 0 spiro atoms. The molecule has 8 nitrogen and oxygen atoms in total. The second-order valence-electron chi connectivity index (χ2n) is 39.5. The van der Waals surface area contributed by atoms with Crippen LogP contribution in [0.5, 0.6) is 92.0 Å². The number of para-hydroxylation sites is 2. The molecule has 8 aliphatic rings. The first kappa shape index (κ1) is 89.4. The Balaban J connectivity index is 0.0000000981. The number of hydrogen-bond acceptors (Lipinski definition) is 8. The summed E-state index contributed by atoms with van der Waals surface area (Å²) in [7, 11) is 0. The third-order valence-electron chi connectivity index (χ3n) is 30.5. The first-order chi connectivity index (χ1) is 73.4. The van der Waals surface area contributed by atoms with Crippen LogP contribution >= 0.6 is 0 Å². The SMILES string of the molecule is Cc1cccc(-c2ccc3c(c2)B2c4ccccc4Oc4ccc(-c5ccccc5C)c(c42)O3)c1.Cc1ccccc1-c1ccc2c(c1)B1c3ccc(-c4ccccc4)cc3Oc3c(-c4ccccc4)ccc(c31)O2.Cc1ccccc1-c1ccc2c(c1)Oc1c(-c3ccccc3)ccc3c1B2c1cc(-c2ccccc2)ccc1O3.Cc1ccccc1-c1ccc2c3c1Oc1ccc(-c4ccccc4)cc1B3c1ccccc1O2. The van der Waals surface area contributed by atoms with Gasteiger partial charge < -0.3 is 37.9 Å². The lowest BCUT2D eigenvalue weighted by Crippen LogP contribution is -2.57. The Morgan fingerprint density at radius 3 is 0.752 bits per heavy atom. The Morgan fingerprint density at radius 2 is 0.369 bits per heavy atom. The van der Waals surface area contributed by atoms with Crippen molar-refractivity contribution in [2.75, 3.05) is 0 Å². The van der Waals surface area contributed by atoms with Gasteiger partial charge in [0.15, 0.2) is 0 Å². The Bertz CT molecular complexity index is 9130. The molecule has 0 unspecified atom stereocenters. The quantitative estimate of drug-likeness (QED) is 0.125. The van der Waals surface area contributed by atoms with Gasteiger partial charge in [-0.05, 0) is 287 Å². The lowest BCUT2D eigenvalue weighted by molar-refractivity contribution is 0.465. The van der Waals surface area contributed by atoms with Crippen LogP contribution in [0.15, 0.2) is 479 Å². The Kier molecular flexibility index (Phi) is 22.4. The molecule has 22 aromatic carbocycles. The van der Waals surface area contributed by atoms with Crippen molar-refractivity contribution in [1.29, 1.82) is 0 Å². The van der Waals surface area contributed by atoms with Crippen LogP contribution < -0.4 is 103 Å². The molecule has 0 amide bonds. The highest BCUT2D eigenvalue weighted by Crippen LogP contribution is 2.50. The van der Waals surface area contributed by atoms with Gasteiger partial charge in [-0.25, -0.2) is 0 Å². The van der Waals surface area contributed by atoms with Crippen molar-refractivity contribution in [1.82, 2.24) is 0 Å². The zero-order valence-corrected chi connectivity index (χ0v) is 82.7. The highest BCUT2D eigenvalue weighted by atomic mass is 16.5. The first-order valence-electron chi connectivity index (χ1n) is 51.1. The molecule has 0 saturated heterocycles. The van der Waals surface area contributed by atoms with Crippen LogP contribution in [-0.2, 0) is 0 Å². The van der Waals surface area contributed by atoms with E-state index in [9.17, 15) is 0 Å². The standard InChI is InChI=1S/2C37H25BO2.C32H23BO2.C31H21BO2/c1-24-10-8-9-15-29(24)28-16-19-31-35(23-28)40-37-30(26-13-6-3-7-14-26)18-21-34-36(37)38(31)32-22-27(17-20-33(32)39-34)25-11-4-2-5-12-25;1-24-10-8-9-15-29(24)28-17-20-33-32(22-28)38-31-19-16-27(25-11-4-2-5-12-25)23-35(31)40-37-30(26-13-6-3-7-14-26)18-21-34(39-33)36(37)38;1-20-8-7-10-22(18-20)23-14-16-29-27(19-23)33-26-12-5-6-13-28(26)34-30-17-15-25(32(35-29)31(30)33)24-11-4-3-9-21(24)2;1-20-9-5-6-12-23(20)24-16-18-29-30-31(24)34-28-17-15-22(21-10-3-2-4-11-21)19-26(28)32(30)25-13-7-8-14-27(25)33-29/h2*2-23H,1H3;3-19H,1-2H3;2-19H,1H3. The molecule has 8 heterocycles. The van der Waals surface area contributed by atoms with Crippen molar-refractivity contribution < 1.29 is 37.9 Å². The number of benzene rings is 22. The monoisotopic (exact) mass is 1910 g/mol. The predicted molar refractivity (Wildman–Crippen MR) is 615 cm³/mol. The fourth-order valence-electron chi connectivity index (χ4n) is 23.3. The molecule has 22 aromatic rings. The summed E-state index contributed by atoms with van der Waals surface area (Å²) in [6.45, 7) is 10.8. The van der Waals surface area contributed by atoms with E-state index < -0.39 is 0 Å². The fourth-order valence-corrected chi connectivity index (χ4v) is 23.3. The van der Waals surface area contributed by atoms with Crippen LogP contribution in [0.3, 0.4) is 0 Å². The fraction of sp³-hybridized carbons (Fsp3) is 0.0365. The summed E-state index contributed by atoms with van der Waals surface area (Å²) in [5.41, 5.74) is 43.2. The van der Waals surface area contributed by atoms with E-state index >= 15 is 0 Å². The van der Waals surface area contributed by atoms with Gasteiger partial charge in [0.1, 0.15) is 92.0 Å². The summed E-state index contributed by atoms with van der Waals surface area (Å²) in [4.78, 5) is 0. The number of hydrogen-bond donors (Lipinski definition) is 0. The van der Waals surface area contributed by atoms with Crippen LogP contribution in [0.25, 0.3) is 111 Å². The largest absolute Gasteiger partial charge is 0.458 e. The zero-order valence-electron chi connectivity index (χ0n) is 82.7. The average molecular weight is 1910 g/mol. The van der Waals surface area contributed by atoms with Gasteiger partial charge in [0.05, 0.1) is 0 Å². The number of rotatable bonds is 10. The molecule has 0 radical (unpaired) electrons. The summed E-state index contributed by atoms with van der Waals surface area (Å²) in [5, 5.41) is 0. The van der Waals surface area contributed by atoms with E-state index in [2.05, 4.69) is 484 Å². The molecule has 0 fully saturated rings. The molecule has 12 heteroatoms. The van der Waals surface area contributed by atoms with E-state index in [1.54, 1.807) is 0 Å². The summed E-state index contributed by atoms with van der Waals surface area (Å²) in [6.07, 6.45) is 0. The third kappa shape index (κ3) is 15.9. The maximum atomic E-state index is 6.86. The summed E-state index contributed by atoms with van der Waals surface area (Å²) >= 11 is 0. The van der Waals surface area contributed by atoms with E-state index in [4.69, 9.17) is 37.9 Å². The van der Waals surface area contributed by atoms with E-state index in [1.807, 2.05) is 30.3 Å². The van der Waals surface area contributed by atoms with Gasteiger partial charge in [-0.2, -0.15) is 0 Å². The minimum atomic E-state index is -0.00467. The van der Waals surface area contributed by atoms with Gasteiger partial charge in [0.25, 0.3) is 26.9 Å². The first-order valence-corrected chi connectivity index (χ1v) is 51.1. The van der Waals surface area contributed by atoms with Crippen molar-refractivity contribution in [3.05, 3.63) is 507 Å². The smallest absolute Gasteiger partial charge is 0.260 e. The maximum Gasteiger partial charge on any atom is 0.260 e. The van der Waals surface area contributed by atoms with Crippen LogP contribution in [-0.4, -0.2) is 26.9 Å². The molecule has 8 aliphatic heterocycles. The van der Waals surface area contributed by atoms with Crippen LogP contribution in [0.4, 0.5) is 0 Å². The highest BCUT2D eigenvalue weighted by Gasteiger charge is 2.47. The second-order valence-corrected chi connectivity index (χ2v) is 39.5. The maximum absolute atomic E-state index is 6.86. The van der Waals surface area contributed by atoms with Crippen LogP contribution in [0, 0.1) is 34.6 Å². The van der Waals surface area contributed by atoms with Crippen molar-refractivity contribution in [3.8, 4) is 203 Å². The Morgan fingerprint density at radius 1 is 0.128 bits per heavy atom. The minimum Gasteiger partial charge on any atom is -0.458 e. The molecular formula is C137H94B4O8. The minimum absolute atomic E-state index is 0.00394. The molecule has 0 aromatic heterocycles. The van der Waals surface area contributed by atoms with Crippen LogP contribution in [0.1, 0.15) is 27.8 Å². The van der Waals surface area contributed by atoms with Gasteiger partial charge in [-0.15, -0.1) is 0 Å². The molecule has 0 saturated carbocycles. The zero-order chi connectivity index (χ0) is 99.4. The molecule has 30 rings (SSSR count). The molecular weight excluding hydrogens is 1820 g/mol. The second kappa shape index (κ2) is 37.3. The summed E-state index contributed by atoms with van der Waals surface area (Å²) < 4.78 is 53.0. The molecule has 0 bridgehead atoms. The van der Waals surface area contributed by atoms with Gasteiger partial charge in [-0.1, -0.05) is 388 Å². The number of ether oxygens (including phenoxy) is 8. The van der Waals surface area contributed by atoms with E-state index in [0.717, 1.165) is 180 Å². The van der Waals surface area contributed by atoms with E-state index in [-0.39, 0.29) is 26.9 Å². The lowest BCUT2D eigenvalue weighted by atomic mass is 9.34. The van der Waals surface area contributed by atoms with E-state index in [0.29, 0.717) is 0 Å².